The van der Waals surface area contributed by atoms with Crippen molar-refractivity contribution in [1.29, 1.82) is 0 Å². The number of methoxy groups -OCH3 is 1. The molecule has 4 aromatic carbocycles. The molecule has 0 radical (unpaired) electrons. The maximum atomic E-state index is 5.40. The first-order valence-electron chi connectivity index (χ1n) is 14.4. The Balaban J connectivity index is 1.25. The Morgan fingerprint density at radius 2 is 1.26 bits per heavy atom. The van der Waals surface area contributed by atoms with Crippen molar-refractivity contribution in [2.45, 2.75) is 6.04 Å². The van der Waals surface area contributed by atoms with Crippen LogP contribution in [0.1, 0.15) is 17.2 Å². The molecule has 1 fully saturated rings. The van der Waals surface area contributed by atoms with Gasteiger partial charge in [-0.3, -0.25) is 4.90 Å². The molecule has 6 heteroatoms. The van der Waals surface area contributed by atoms with Gasteiger partial charge in [0.05, 0.1) is 18.5 Å². The van der Waals surface area contributed by atoms with E-state index in [1.165, 1.54) is 11.1 Å². The van der Waals surface area contributed by atoms with E-state index in [1.54, 1.807) is 13.4 Å². The van der Waals surface area contributed by atoms with Crippen LogP contribution in [0.15, 0.2) is 128 Å². The lowest BCUT2D eigenvalue weighted by molar-refractivity contribution is 0.212. The lowest BCUT2D eigenvalue weighted by Gasteiger charge is -2.40. The van der Waals surface area contributed by atoms with Crippen molar-refractivity contribution in [3.63, 3.8) is 0 Å². The zero-order chi connectivity index (χ0) is 28.3. The van der Waals surface area contributed by atoms with E-state index in [4.69, 9.17) is 14.7 Å². The number of aromatic nitrogens is 3. The average molecular weight is 552 g/mol. The van der Waals surface area contributed by atoms with Crippen LogP contribution in [-0.4, -0.2) is 52.7 Å². The summed E-state index contributed by atoms with van der Waals surface area (Å²) in [5.41, 5.74) is 6.86. The van der Waals surface area contributed by atoms with E-state index in [1.807, 2.05) is 12.1 Å². The van der Waals surface area contributed by atoms with Crippen molar-refractivity contribution < 1.29 is 4.74 Å². The monoisotopic (exact) mass is 551 g/mol. The summed E-state index contributed by atoms with van der Waals surface area (Å²) in [5, 5.41) is 1.08. The first kappa shape index (κ1) is 26.0. The van der Waals surface area contributed by atoms with Crippen molar-refractivity contribution in [2.24, 2.45) is 0 Å². The molecule has 3 heterocycles. The fourth-order valence-corrected chi connectivity index (χ4v) is 6.14. The molecule has 0 atom stereocenters. The molecule has 0 saturated carbocycles. The Morgan fingerprint density at radius 3 is 1.86 bits per heavy atom. The van der Waals surface area contributed by atoms with Crippen molar-refractivity contribution in [2.75, 3.05) is 38.2 Å². The quantitative estimate of drug-likeness (QED) is 0.214. The van der Waals surface area contributed by atoms with Crippen LogP contribution in [0.25, 0.3) is 27.8 Å². The molecule has 0 N–H and O–H groups in total. The van der Waals surface area contributed by atoms with Crippen LogP contribution in [0.4, 0.5) is 5.82 Å². The highest BCUT2D eigenvalue weighted by Gasteiger charge is 2.29. The summed E-state index contributed by atoms with van der Waals surface area (Å²) in [4.78, 5) is 14.7. The minimum atomic E-state index is 0.219. The number of rotatable bonds is 7. The number of benzene rings is 4. The summed E-state index contributed by atoms with van der Waals surface area (Å²) in [5.74, 6) is 1.82. The maximum Gasteiger partial charge on any atom is 0.150 e. The Morgan fingerprint density at radius 1 is 0.667 bits per heavy atom. The van der Waals surface area contributed by atoms with Crippen molar-refractivity contribution in [3.05, 3.63) is 139 Å². The van der Waals surface area contributed by atoms with Gasteiger partial charge in [-0.2, -0.15) is 0 Å². The van der Waals surface area contributed by atoms with E-state index in [9.17, 15) is 0 Å². The van der Waals surface area contributed by atoms with Gasteiger partial charge in [-0.15, -0.1) is 0 Å². The fraction of sp³-hybridized carbons (Fsp3) is 0.167. The van der Waals surface area contributed by atoms with Crippen LogP contribution in [0.5, 0.6) is 5.75 Å². The average Bonchev–Trinajstić information content (AvgIpc) is 3.47. The molecule has 1 aliphatic heterocycles. The van der Waals surface area contributed by atoms with Crippen molar-refractivity contribution in [1.82, 2.24) is 19.4 Å². The molecular formula is C36H33N5O. The molecule has 0 amide bonds. The SMILES string of the molecule is COc1ccc(-n2cc(-c3ccccc3)c3c(N4CCN(C(c5ccccc5)c5ccccc5)CC4)ncnc32)cc1. The zero-order valence-corrected chi connectivity index (χ0v) is 23.7. The molecule has 208 valence electrons. The van der Waals surface area contributed by atoms with E-state index in [0.29, 0.717) is 0 Å². The first-order valence-corrected chi connectivity index (χ1v) is 14.4. The highest BCUT2D eigenvalue weighted by atomic mass is 16.5. The van der Waals surface area contributed by atoms with Gasteiger partial charge >= 0.3 is 0 Å². The lowest BCUT2D eigenvalue weighted by Crippen LogP contribution is -2.48. The molecule has 6 nitrogen and oxygen atoms in total. The van der Waals surface area contributed by atoms with Gasteiger partial charge in [0.15, 0.2) is 5.65 Å². The topological polar surface area (TPSA) is 46.4 Å². The Labute approximate surface area is 246 Å². The molecule has 1 aliphatic rings. The summed E-state index contributed by atoms with van der Waals surface area (Å²) in [7, 11) is 1.69. The minimum Gasteiger partial charge on any atom is -0.497 e. The molecule has 0 spiro atoms. The number of anilines is 1. The molecule has 7 rings (SSSR count). The van der Waals surface area contributed by atoms with Gasteiger partial charge in [0, 0.05) is 43.6 Å². The van der Waals surface area contributed by atoms with Crippen LogP contribution >= 0.6 is 0 Å². The number of nitrogens with zero attached hydrogens (tertiary/aromatic N) is 5. The molecule has 1 saturated heterocycles. The molecule has 0 aliphatic carbocycles. The van der Waals surface area contributed by atoms with Gasteiger partial charge in [0.2, 0.25) is 0 Å². The highest BCUT2D eigenvalue weighted by Crippen LogP contribution is 2.38. The summed E-state index contributed by atoms with van der Waals surface area (Å²) in [6, 6.07) is 40.6. The Bertz CT molecular complexity index is 1720. The second kappa shape index (κ2) is 11.5. The van der Waals surface area contributed by atoms with E-state index >= 15 is 0 Å². The van der Waals surface area contributed by atoms with Crippen LogP contribution < -0.4 is 9.64 Å². The summed E-state index contributed by atoms with van der Waals surface area (Å²) in [6.45, 7) is 3.62. The molecular weight excluding hydrogens is 518 g/mol. The number of ether oxygens (including phenoxy) is 1. The fourth-order valence-electron chi connectivity index (χ4n) is 6.14. The summed E-state index contributed by atoms with van der Waals surface area (Å²) < 4.78 is 7.57. The number of hydrogen-bond donors (Lipinski definition) is 0. The van der Waals surface area contributed by atoms with Gasteiger partial charge in [-0.25, -0.2) is 9.97 Å². The van der Waals surface area contributed by atoms with E-state index in [2.05, 4.69) is 124 Å². The molecule has 0 unspecified atom stereocenters. The standard InChI is InChI=1S/C36H33N5O/c1-42-31-19-17-30(18-20-31)41-25-32(27-11-5-2-6-12-27)33-35(37-26-38-36(33)41)40-23-21-39(22-24-40)34(28-13-7-3-8-14-28)29-15-9-4-10-16-29/h2-20,25-26,34H,21-24H2,1H3. The highest BCUT2D eigenvalue weighted by molar-refractivity contribution is 6.02. The predicted molar refractivity (Wildman–Crippen MR) is 169 cm³/mol. The van der Waals surface area contributed by atoms with Crippen molar-refractivity contribution >= 4 is 16.9 Å². The number of fused-ring (bicyclic) bond motifs is 1. The van der Waals surface area contributed by atoms with E-state index in [-0.39, 0.29) is 6.04 Å². The Hall–Kier alpha value is -4.94. The summed E-state index contributed by atoms with van der Waals surface area (Å²) >= 11 is 0. The smallest absolute Gasteiger partial charge is 0.150 e. The zero-order valence-electron chi connectivity index (χ0n) is 23.7. The van der Waals surface area contributed by atoms with Gasteiger partial charge in [-0.05, 0) is 41.0 Å². The van der Waals surface area contributed by atoms with Gasteiger partial charge < -0.3 is 14.2 Å². The third kappa shape index (κ3) is 4.91. The third-order valence-electron chi connectivity index (χ3n) is 8.21. The van der Waals surface area contributed by atoms with Crippen LogP contribution in [0.3, 0.4) is 0 Å². The van der Waals surface area contributed by atoms with Gasteiger partial charge in [0.1, 0.15) is 17.9 Å². The number of hydrogen-bond acceptors (Lipinski definition) is 5. The van der Waals surface area contributed by atoms with Crippen LogP contribution in [0, 0.1) is 0 Å². The largest absolute Gasteiger partial charge is 0.497 e. The second-order valence-corrected chi connectivity index (χ2v) is 10.6. The van der Waals surface area contributed by atoms with Crippen molar-refractivity contribution in [3.8, 4) is 22.6 Å². The van der Waals surface area contributed by atoms with Gasteiger partial charge in [-0.1, -0.05) is 91.0 Å². The van der Waals surface area contributed by atoms with E-state index < -0.39 is 0 Å². The number of piperazine rings is 1. The molecule has 6 aromatic rings. The normalized spacial score (nSPS) is 14.0. The van der Waals surface area contributed by atoms with E-state index in [0.717, 1.165) is 65.6 Å². The van der Waals surface area contributed by atoms with Crippen LogP contribution in [0.2, 0.25) is 0 Å². The first-order chi connectivity index (χ1) is 20.8. The molecule has 0 bridgehead atoms. The molecule has 2 aromatic heterocycles. The van der Waals surface area contributed by atoms with Crippen LogP contribution in [-0.2, 0) is 0 Å². The second-order valence-electron chi connectivity index (χ2n) is 10.6. The third-order valence-corrected chi connectivity index (χ3v) is 8.21. The minimum absolute atomic E-state index is 0.219. The maximum absolute atomic E-state index is 5.40. The van der Waals surface area contributed by atoms with Gasteiger partial charge in [0.25, 0.3) is 0 Å². The summed E-state index contributed by atoms with van der Waals surface area (Å²) in [6.07, 6.45) is 3.90. The Kier molecular flexibility index (Phi) is 7.12. The molecule has 42 heavy (non-hydrogen) atoms. The lowest BCUT2D eigenvalue weighted by atomic mass is 9.96. The predicted octanol–water partition coefficient (Wildman–Crippen LogP) is 7.01.